The lowest BCUT2D eigenvalue weighted by Gasteiger charge is -2.19. The Morgan fingerprint density at radius 1 is 1.14 bits per heavy atom. The third-order valence-electron chi connectivity index (χ3n) is 3.90. The van der Waals surface area contributed by atoms with Crippen molar-refractivity contribution in [3.05, 3.63) is 57.6 Å². The summed E-state index contributed by atoms with van der Waals surface area (Å²) in [5.41, 5.74) is 10.4. The van der Waals surface area contributed by atoms with Gasteiger partial charge in [0, 0.05) is 15.8 Å². The van der Waals surface area contributed by atoms with Crippen LogP contribution >= 0.6 is 15.9 Å². The fourth-order valence-corrected chi connectivity index (χ4v) is 3.17. The zero-order valence-electron chi connectivity index (χ0n) is 11.7. The number of nitrogens with two attached hydrogens (primary N) is 1. The third-order valence-corrected chi connectivity index (χ3v) is 4.40. The minimum absolute atomic E-state index is 0.159. The quantitative estimate of drug-likeness (QED) is 0.803. The van der Waals surface area contributed by atoms with Gasteiger partial charge in [-0.15, -0.1) is 0 Å². The van der Waals surface area contributed by atoms with E-state index in [4.69, 9.17) is 5.73 Å². The number of rotatable bonds is 2. The molecular weight excluding hydrogens is 328 g/mol. The Morgan fingerprint density at radius 2 is 1.95 bits per heavy atom. The van der Waals surface area contributed by atoms with Crippen molar-refractivity contribution in [2.75, 3.05) is 11.1 Å². The summed E-state index contributed by atoms with van der Waals surface area (Å²) in [6.45, 7) is 0. The monoisotopic (exact) mass is 344 g/mol. The summed E-state index contributed by atoms with van der Waals surface area (Å²) in [4.78, 5) is 12.5. The van der Waals surface area contributed by atoms with Gasteiger partial charge in [0.15, 0.2) is 0 Å². The van der Waals surface area contributed by atoms with E-state index in [1.807, 2.05) is 18.2 Å². The molecule has 21 heavy (non-hydrogen) atoms. The van der Waals surface area contributed by atoms with Crippen LogP contribution in [0.15, 0.2) is 40.9 Å². The molecule has 1 aliphatic carbocycles. The zero-order chi connectivity index (χ0) is 14.8. The molecule has 4 heteroatoms. The number of amides is 1. The second-order valence-electron chi connectivity index (χ2n) is 5.34. The highest BCUT2D eigenvalue weighted by Crippen LogP contribution is 2.28. The van der Waals surface area contributed by atoms with Crippen LogP contribution in [0, 0.1) is 0 Å². The molecule has 3 N–H and O–H groups in total. The lowest BCUT2D eigenvalue weighted by molar-refractivity contribution is 0.102. The van der Waals surface area contributed by atoms with Gasteiger partial charge in [0.25, 0.3) is 5.91 Å². The SMILES string of the molecule is Nc1ccc(Br)cc1C(=O)Nc1cccc2c1CCCC2. The second kappa shape index (κ2) is 5.90. The van der Waals surface area contributed by atoms with Gasteiger partial charge < -0.3 is 11.1 Å². The molecule has 2 aromatic rings. The highest BCUT2D eigenvalue weighted by atomic mass is 79.9. The number of fused-ring (bicyclic) bond motifs is 1. The van der Waals surface area contributed by atoms with E-state index in [9.17, 15) is 4.79 Å². The maximum absolute atomic E-state index is 12.5. The second-order valence-corrected chi connectivity index (χ2v) is 6.25. The number of carbonyl (C=O) groups excluding carboxylic acids is 1. The zero-order valence-corrected chi connectivity index (χ0v) is 13.2. The smallest absolute Gasteiger partial charge is 0.257 e. The maximum Gasteiger partial charge on any atom is 0.257 e. The number of anilines is 2. The van der Waals surface area contributed by atoms with Crippen molar-refractivity contribution in [1.29, 1.82) is 0 Å². The van der Waals surface area contributed by atoms with E-state index in [0.717, 1.165) is 23.0 Å². The van der Waals surface area contributed by atoms with Gasteiger partial charge in [-0.05, 0) is 61.1 Å². The summed E-state index contributed by atoms with van der Waals surface area (Å²) in [6.07, 6.45) is 4.53. The molecule has 0 saturated carbocycles. The van der Waals surface area contributed by atoms with Crippen LogP contribution in [0.3, 0.4) is 0 Å². The minimum Gasteiger partial charge on any atom is -0.398 e. The largest absolute Gasteiger partial charge is 0.398 e. The lowest BCUT2D eigenvalue weighted by Crippen LogP contribution is -2.16. The summed E-state index contributed by atoms with van der Waals surface area (Å²) < 4.78 is 0.844. The Bertz CT molecular complexity index is 697. The molecule has 108 valence electrons. The van der Waals surface area contributed by atoms with Crippen LogP contribution in [0.4, 0.5) is 11.4 Å². The Hall–Kier alpha value is -1.81. The molecule has 0 bridgehead atoms. The molecule has 3 rings (SSSR count). The van der Waals surface area contributed by atoms with Gasteiger partial charge in [-0.25, -0.2) is 0 Å². The molecule has 2 aromatic carbocycles. The molecule has 0 fully saturated rings. The Labute approximate surface area is 132 Å². The molecule has 1 aliphatic rings. The summed E-state index contributed by atoms with van der Waals surface area (Å²) in [6, 6.07) is 11.4. The van der Waals surface area contributed by atoms with Crippen LogP contribution in [0.2, 0.25) is 0 Å². The molecule has 0 atom stereocenters. The van der Waals surface area contributed by atoms with Crippen molar-refractivity contribution in [3.8, 4) is 0 Å². The summed E-state index contributed by atoms with van der Waals surface area (Å²) in [5.74, 6) is -0.159. The topological polar surface area (TPSA) is 55.1 Å². The van der Waals surface area contributed by atoms with Crippen molar-refractivity contribution in [1.82, 2.24) is 0 Å². The first-order valence-corrected chi connectivity index (χ1v) is 7.91. The molecule has 0 heterocycles. The number of nitrogen functional groups attached to an aromatic ring is 1. The number of benzene rings is 2. The van der Waals surface area contributed by atoms with Crippen LogP contribution < -0.4 is 11.1 Å². The first-order chi connectivity index (χ1) is 10.1. The van der Waals surface area contributed by atoms with Crippen LogP contribution in [0.5, 0.6) is 0 Å². The van der Waals surface area contributed by atoms with E-state index >= 15 is 0 Å². The van der Waals surface area contributed by atoms with Gasteiger partial charge in [-0.1, -0.05) is 28.1 Å². The first-order valence-electron chi connectivity index (χ1n) is 7.12. The highest BCUT2D eigenvalue weighted by molar-refractivity contribution is 9.10. The van der Waals surface area contributed by atoms with E-state index in [1.165, 1.54) is 24.0 Å². The fourth-order valence-electron chi connectivity index (χ4n) is 2.81. The average molecular weight is 345 g/mol. The standard InChI is InChI=1S/C17H17BrN2O/c18-12-8-9-15(19)14(10-12)17(21)20-16-7-3-5-11-4-1-2-6-13(11)16/h3,5,7-10H,1-2,4,6,19H2,(H,20,21). The lowest BCUT2D eigenvalue weighted by atomic mass is 9.90. The number of hydrogen-bond donors (Lipinski definition) is 2. The van der Waals surface area contributed by atoms with E-state index in [-0.39, 0.29) is 5.91 Å². The van der Waals surface area contributed by atoms with Crippen molar-refractivity contribution in [3.63, 3.8) is 0 Å². The third kappa shape index (κ3) is 2.95. The Kier molecular flexibility index (Phi) is 3.97. The van der Waals surface area contributed by atoms with E-state index in [0.29, 0.717) is 11.3 Å². The molecule has 0 spiro atoms. The van der Waals surface area contributed by atoms with Crippen LogP contribution in [0.1, 0.15) is 34.3 Å². The van der Waals surface area contributed by atoms with Crippen LogP contribution in [-0.4, -0.2) is 5.91 Å². The van der Waals surface area contributed by atoms with Crippen LogP contribution in [-0.2, 0) is 12.8 Å². The highest BCUT2D eigenvalue weighted by Gasteiger charge is 2.16. The number of aryl methyl sites for hydroxylation is 1. The predicted octanol–water partition coefficient (Wildman–Crippen LogP) is 4.16. The average Bonchev–Trinajstić information content (AvgIpc) is 2.50. The molecule has 0 aromatic heterocycles. The minimum atomic E-state index is -0.159. The number of nitrogens with one attached hydrogen (secondary N) is 1. The molecule has 3 nitrogen and oxygen atoms in total. The Balaban J connectivity index is 1.90. The number of halogens is 1. The first kappa shape index (κ1) is 14.1. The number of hydrogen-bond acceptors (Lipinski definition) is 2. The van der Waals surface area contributed by atoms with Crippen molar-refractivity contribution in [2.45, 2.75) is 25.7 Å². The molecule has 1 amide bonds. The maximum atomic E-state index is 12.5. The van der Waals surface area contributed by atoms with E-state index in [2.05, 4.69) is 27.3 Å². The number of carbonyl (C=O) groups is 1. The van der Waals surface area contributed by atoms with Gasteiger partial charge in [0.2, 0.25) is 0 Å². The molecule has 0 aliphatic heterocycles. The van der Waals surface area contributed by atoms with Crippen molar-refractivity contribution in [2.24, 2.45) is 0 Å². The summed E-state index contributed by atoms with van der Waals surface area (Å²) in [5, 5.41) is 3.01. The Morgan fingerprint density at radius 3 is 2.81 bits per heavy atom. The molecular formula is C17H17BrN2O. The molecule has 0 unspecified atom stereocenters. The molecule has 0 radical (unpaired) electrons. The summed E-state index contributed by atoms with van der Waals surface area (Å²) in [7, 11) is 0. The van der Waals surface area contributed by atoms with Crippen LogP contribution in [0.25, 0.3) is 0 Å². The van der Waals surface area contributed by atoms with Crippen molar-refractivity contribution >= 4 is 33.2 Å². The van der Waals surface area contributed by atoms with Gasteiger partial charge >= 0.3 is 0 Å². The van der Waals surface area contributed by atoms with Gasteiger partial charge in [0.05, 0.1) is 5.56 Å². The van der Waals surface area contributed by atoms with Gasteiger partial charge in [0.1, 0.15) is 0 Å². The van der Waals surface area contributed by atoms with Gasteiger partial charge in [-0.2, -0.15) is 0 Å². The van der Waals surface area contributed by atoms with Gasteiger partial charge in [-0.3, -0.25) is 4.79 Å². The normalized spacial score (nSPS) is 13.6. The molecule has 0 saturated heterocycles. The van der Waals surface area contributed by atoms with E-state index < -0.39 is 0 Å². The predicted molar refractivity (Wildman–Crippen MR) is 89.6 cm³/mol. The van der Waals surface area contributed by atoms with Crippen molar-refractivity contribution < 1.29 is 4.79 Å². The fraction of sp³-hybridized carbons (Fsp3) is 0.235. The summed E-state index contributed by atoms with van der Waals surface area (Å²) >= 11 is 3.37. The van der Waals surface area contributed by atoms with E-state index in [1.54, 1.807) is 12.1 Å².